The van der Waals surface area contributed by atoms with Crippen LogP contribution in [0.3, 0.4) is 0 Å². The van der Waals surface area contributed by atoms with Gasteiger partial charge in [0.15, 0.2) is 0 Å². The number of nitrogens with zero attached hydrogens (tertiary/aromatic N) is 5. The lowest BCUT2D eigenvalue weighted by Gasteiger charge is -2.36. The first-order valence-corrected chi connectivity index (χ1v) is 9.51. The van der Waals surface area contributed by atoms with E-state index in [9.17, 15) is 9.59 Å². The zero-order valence-corrected chi connectivity index (χ0v) is 15.0. The second-order valence-corrected chi connectivity index (χ2v) is 7.44. The van der Waals surface area contributed by atoms with Crippen LogP contribution in [-0.2, 0) is 9.59 Å². The largest absolute Gasteiger partial charge is 0.351 e. The van der Waals surface area contributed by atoms with E-state index in [1.54, 1.807) is 12.4 Å². The van der Waals surface area contributed by atoms with E-state index in [2.05, 4.69) is 25.1 Å². The van der Waals surface area contributed by atoms with Gasteiger partial charge in [0.2, 0.25) is 17.8 Å². The van der Waals surface area contributed by atoms with Crippen molar-refractivity contribution in [2.75, 3.05) is 50.7 Å². The second-order valence-electron chi connectivity index (χ2n) is 7.44. The van der Waals surface area contributed by atoms with Gasteiger partial charge in [-0.3, -0.25) is 14.5 Å². The summed E-state index contributed by atoms with van der Waals surface area (Å²) in [6, 6.07) is 1.93. The lowest BCUT2D eigenvalue weighted by atomic mass is 9.99. The van der Waals surface area contributed by atoms with Gasteiger partial charge in [-0.25, -0.2) is 9.97 Å². The van der Waals surface area contributed by atoms with E-state index in [4.69, 9.17) is 0 Å². The Balaban J connectivity index is 1.31. The molecular formula is C18H26N6O2. The van der Waals surface area contributed by atoms with Crippen LogP contribution < -0.4 is 10.2 Å². The van der Waals surface area contributed by atoms with Gasteiger partial charge < -0.3 is 15.1 Å². The van der Waals surface area contributed by atoms with Crippen LogP contribution in [0.25, 0.3) is 0 Å². The molecular weight excluding hydrogens is 332 g/mol. The summed E-state index contributed by atoms with van der Waals surface area (Å²) in [5.41, 5.74) is 0. The highest BCUT2D eigenvalue weighted by atomic mass is 16.2. The molecule has 8 nitrogen and oxygen atoms in total. The number of hydrogen-bond acceptors (Lipinski definition) is 6. The maximum Gasteiger partial charge on any atom is 0.236 e. The summed E-state index contributed by atoms with van der Waals surface area (Å²) in [7, 11) is 0. The Labute approximate surface area is 153 Å². The normalized spacial score (nSPS) is 27.0. The summed E-state index contributed by atoms with van der Waals surface area (Å²) in [6.45, 7) is 4.93. The van der Waals surface area contributed by atoms with Gasteiger partial charge in [0.25, 0.3) is 0 Å². The highest BCUT2D eigenvalue weighted by molar-refractivity contribution is 5.83. The average molecular weight is 358 g/mol. The standard InChI is InChI=1S/C18H26N6O2/c25-16(24-11-14-3-1-4-15(12-24)21-17(14)26)13-22-7-9-23(10-8-22)18-19-5-2-6-20-18/h2,5-6,14-15H,1,3-4,7-13H2,(H,21,26)/t14-,15+/m1/s1. The first-order chi connectivity index (χ1) is 12.7. The number of carbonyl (C=O) groups is 2. The molecule has 0 aliphatic carbocycles. The van der Waals surface area contributed by atoms with Gasteiger partial charge in [-0.1, -0.05) is 6.42 Å². The van der Waals surface area contributed by atoms with Crippen molar-refractivity contribution in [3.8, 4) is 0 Å². The predicted octanol–water partition coefficient (Wildman–Crippen LogP) is -0.274. The first-order valence-electron chi connectivity index (χ1n) is 9.51. The highest BCUT2D eigenvalue weighted by Gasteiger charge is 2.34. The summed E-state index contributed by atoms with van der Waals surface area (Å²) in [5.74, 6) is 0.976. The second kappa shape index (κ2) is 7.57. The molecule has 3 aliphatic rings. The van der Waals surface area contributed by atoms with E-state index in [-0.39, 0.29) is 23.8 Å². The predicted molar refractivity (Wildman–Crippen MR) is 96.5 cm³/mol. The fourth-order valence-electron chi connectivity index (χ4n) is 4.11. The van der Waals surface area contributed by atoms with Gasteiger partial charge >= 0.3 is 0 Å². The fraction of sp³-hybridized carbons (Fsp3) is 0.667. The molecule has 0 aromatic carbocycles. The molecule has 8 heteroatoms. The van der Waals surface area contributed by atoms with Crippen molar-refractivity contribution < 1.29 is 9.59 Å². The van der Waals surface area contributed by atoms with Gasteiger partial charge in [-0.2, -0.15) is 0 Å². The summed E-state index contributed by atoms with van der Waals surface area (Å²) < 4.78 is 0. The molecule has 26 heavy (non-hydrogen) atoms. The molecule has 3 aliphatic heterocycles. The van der Waals surface area contributed by atoms with Crippen molar-refractivity contribution in [3.63, 3.8) is 0 Å². The zero-order chi connectivity index (χ0) is 17.9. The molecule has 1 N–H and O–H groups in total. The van der Waals surface area contributed by atoms with Crippen LogP contribution in [0.1, 0.15) is 19.3 Å². The summed E-state index contributed by atoms with van der Waals surface area (Å²) in [6.07, 6.45) is 6.44. The fourth-order valence-corrected chi connectivity index (χ4v) is 4.11. The van der Waals surface area contributed by atoms with E-state index in [0.717, 1.165) is 51.4 Å². The van der Waals surface area contributed by atoms with Crippen LogP contribution in [0.4, 0.5) is 5.95 Å². The molecule has 4 rings (SSSR count). The number of likely N-dealkylation sites (tertiary alicyclic amines) is 1. The quantitative estimate of drug-likeness (QED) is 0.801. The minimum atomic E-state index is -0.0430. The van der Waals surface area contributed by atoms with Crippen molar-refractivity contribution >= 4 is 17.8 Å². The number of amides is 2. The van der Waals surface area contributed by atoms with Gasteiger partial charge in [0.05, 0.1) is 12.5 Å². The number of anilines is 1. The van der Waals surface area contributed by atoms with Crippen LogP contribution in [0, 0.1) is 5.92 Å². The van der Waals surface area contributed by atoms with Crippen LogP contribution in [0.2, 0.25) is 0 Å². The molecule has 4 heterocycles. The molecule has 1 aromatic heterocycles. The van der Waals surface area contributed by atoms with Crippen molar-refractivity contribution in [2.24, 2.45) is 5.92 Å². The van der Waals surface area contributed by atoms with Crippen LogP contribution >= 0.6 is 0 Å². The smallest absolute Gasteiger partial charge is 0.236 e. The van der Waals surface area contributed by atoms with E-state index in [0.29, 0.717) is 19.6 Å². The topological polar surface area (TPSA) is 81.7 Å². The number of fused-ring (bicyclic) bond motifs is 3. The third kappa shape index (κ3) is 3.80. The SMILES string of the molecule is O=C1N[C@H]2CCC[C@@H]1CN(C(=O)CN1CCN(c3ncccn3)CC1)C2. The Hall–Kier alpha value is -2.22. The maximum atomic E-state index is 12.8. The van der Waals surface area contributed by atoms with Crippen LogP contribution in [0.5, 0.6) is 0 Å². The number of rotatable bonds is 3. The van der Waals surface area contributed by atoms with Gasteiger partial charge in [-0.05, 0) is 18.9 Å². The van der Waals surface area contributed by atoms with Crippen LogP contribution in [0.15, 0.2) is 18.5 Å². The van der Waals surface area contributed by atoms with Crippen molar-refractivity contribution in [3.05, 3.63) is 18.5 Å². The Morgan fingerprint density at radius 1 is 1.12 bits per heavy atom. The van der Waals surface area contributed by atoms with Crippen molar-refractivity contribution in [1.29, 1.82) is 0 Å². The van der Waals surface area contributed by atoms with Crippen molar-refractivity contribution in [2.45, 2.75) is 25.3 Å². The molecule has 0 saturated carbocycles. The highest BCUT2D eigenvalue weighted by Crippen LogP contribution is 2.22. The van der Waals surface area contributed by atoms with Crippen LogP contribution in [-0.4, -0.2) is 83.4 Å². The maximum absolute atomic E-state index is 12.8. The minimum Gasteiger partial charge on any atom is -0.351 e. The molecule has 3 fully saturated rings. The van der Waals surface area contributed by atoms with E-state index in [1.165, 1.54) is 0 Å². The Kier molecular flexibility index (Phi) is 5.01. The number of aromatic nitrogens is 2. The van der Waals surface area contributed by atoms with E-state index < -0.39 is 0 Å². The molecule has 0 unspecified atom stereocenters. The van der Waals surface area contributed by atoms with Gasteiger partial charge in [0.1, 0.15) is 0 Å². The Bertz CT molecular complexity index is 646. The number of piperazine rings is 1. The Morgan fingerprint density at radius 2 is 1.88 bits per heavy atom. The number of nitrogens with one attached hydrogen (secondary N) is 1. The molecule has 0 radical (unpaired) electrons. The molecule has 140 valence electrons. The third-order valence-corrected chi connectivity index (χ3v) is 5.62. The van der Waals surface area contributed by atoms with Crippen molar-refractivity contribution in [1.82, 2.24) is 25.1 Å². The van der Waals surface area contributed by atoms with E-state index >= 15 is 0 Å². The third-order valence-electron chi connectivity index (χ3n) is 5.62. The zero-order valence-electron chi connectivity index (χ0n) is 15.0. The summed E-state index contributed by atoms with van der Waals surface area (Å²) in [4.78, 5) is 39.8. The number of carbonyl (C=O) groups excluding carboxylic acids is 2. The lowest BCUT2D eigenvalue weighted by molar-refractivity contribution is -0.133. The molecule has 3 saturated heterocycles. The summed E-state index contributed by atoms with van der Waals surface area (Å²) in [5, 5.41) is 3.09. The first kappa shape index (κ1) is 17.2. The van der Waals surface area contributed by atoms with E-state index in [1.807, 2.05) is 11.0 Å². The molecule has 0 spiro atoms. The molecule has 2 amide bonds. The molecule has 2 bridgehead atoms. The number of hydrogen-bond donors (Lipinski definition) is 1. The van der Waals surface area contributed by atoms with Gasteiger partial charge in [-0.15, -0.1) is 0 Å². The summed E-state index contributed by atoms with van der Waals surface area (Å²) >= 11 is 0. The molecule has 1 aromatic rings. The minimum absolute atomic E-state index is 0.0430. The van der Waals surface area contributed by atoms with Gasteiger partial charge in [0, 0.05) is 57.7 Å². The molecule has 2 atom stereocenters. The Morgan fingerprint density at radius 3 is 2.65 bits per heavy atom. The lowest BCUT2D eigenvalue weighted by Crippen LogP contribution is -2.51. The monoisotopic (exact) mass is 358 g/mol. The average Bonchev–Trinajstić information content (AvgIpc) is 2.91.